The molecule has 0 aliphatic rings. The van der Waals surface area contributed by atoms with Crippen LogP contribution in [0.2, 0.25) is 0 Å². The van der Waals surface area contributed by atoms with Crippen molar-refractivity contribution in [3.8, 4) is 17.3 Å². The molecule has 4 aromatic heterocycles. The van der Waals surface area contributed by atoms with Crippen LogP contribution in [0.1, 0.15) is 17.8 Å². The quantitative estimate of drug-likeness (QED) is 0.420. The van der Waals surface area contributed by atoms with Crippen LogP contribution in [-0.2, 0) is 6.54 Å². The minimum absolute atomic E-state index is 0.274. The van der Waals surface area contributed by atoms with E-state index in [0.29, 0.717) is 47.4 Å². The molecule has 0 aliphatic carbocycles. The Morgan fingerprint density at radius 1 is 1.12 bits per heavy atom. The van der Waals surface area contributed by atoms with Crippen LogP contribution in [0.15, 0.2) is 36.8 Å². The van der Waals surface area contributed by atoms with E-state index in [4.69, 9.17) is 10.5 Å². The number of rotatable bonds is 8. The Balaban J connectivity index is 1.64. The third-order valence-corrected chi connectivity index (χ3v) is 4.83. The first-order valence-corrected chi connectivity index (χ1v) is 10.2. The molecule has 0 saturated carbocycles. The second kappa shape index (κ2) is 9.23. The van der Waals surface area contributed by atoms with Gasteiger partial charge in [-0.25, -0.2) is 24.3 Å². The fraction of sp³-hybridized carbons (Fsp3) is 0.318. The van der Waals surface area contributed by atoms with E-state index in [2.05, 4.69) is 29.8 Å². The van der Waals surface area contributed by atoms with Gasteiger partial charge in [-0.2, -0.15) is 0 Å². The van der Waals surface area contributed by atoms with Crippen LogP contribution in [0.4, 0.5) is 10.2 Å². The Labute approximate surface area is 185 Å². The molecule has 166 valence electrons. The second-order valence-corrected chi connectivity index (χ2v) is 7.75. The highest BCUT2D eigenvalue weighted by atomic mass is 19.1. The summed E-state index contributed by atoms with van der Waals surface area (Å²) in [6, 6.07) is 5.15. The normalized spacial score (nSPS) is 11.4. The van der Waals surface area contributed by atoms with Crippen LogP contribution in [0.5, 0.6) is 5.88 Å². The maximum Gasteiger partial charge on any atom is 0.213 e. The van der Waals surface area contributed by atoms with Gasteiger partial charge in [-0.1, -0.05) is 6.07 Å². The molecule has 2 N–H and O–H groups in total. The summed E-state index contributed by atoms with van der Waals surface area (Å²) in [7, 11) is 4.06. The number of fused-ring (bicyclic) bond motifs is 1. The number of hydrogen-bond donors (Lipinski definition) is 1. The number of pyridine rings is 2. The van der Waals surface area contributed by atoms with E-state index in [1.165, 1.54) is 6.07 Å². The van der Waals surface area contributed by atoms with E-state index in [0.717, 1.165) is 24.7 Å². The summed E-state index contributed by atoms with van der Waals surface area (Å²) in [6.45, 7) is 3.73. The highest BCUT2D eigenvalue weighted by Gasteiger charge is 2.18. The number of aryl methyl sites for hydroxylation is 1. The standard InChI is InChI=1S/C22H25FN8O/c1-14-27-20(24)19-22(28-14)31(21(29-19)16-9-17(23)12-25-11-16)13-15-5-6-18(26-10-15)32-8-4-7-30(2)3/h5-6,9-12H,4,7-8,13H2,1-3H3,(H2,24,27,28). The minimum Gasteiger partial charge on any atom is -0.478 e. The highest BCUT2D eigenvalue weighted by molar-refractivity contribution is 5.85. The van der Waals surface area contributed by atoms with Crippen molar-refractivity contribution in [2.75, 3.05) is 33.0 Å². The molecule has 0 aliphatic heterocycles. The van der Waals surface area contributed by atoms with Crippen molar-refractivity contribution in [1.82, 2.24) is 34.4 Å². The Hall–Kier alpha value is -3.66. The molecule has 10 heteroatoms. The fourth-order valence-electron chi connectivity index (χ4n) is 3.37. The number of nitrogens with zero attached hydrogens (tertiary/aromatic N) is 7. The van der Waals surface area contributed by atoms with E-state index in [1.807, 2.05) is 30.8 Å². The topological polar surface area (TPSA) is 108 Å². The zero-order valence-corrected chi connectivity index (χ0v) is 18.3. The molecule has 0 bridgehead atoms. The molecule has 4 rings (SSSR count). The monoisotopic (exact) mass is 436 g/mol. The van der Waals surface area contributed by atoms with Crippen molar-refractivity contribution in [2.24, 2.45) is 0 Å². The summed E-state index contributed by atoms with van der Waals surface area (Å²) in [6.07, 6.45) is 5.37. The molecule has 0 amide bonds. The van der Waals surface area contributed by atoms with Gasteiger partial charge in [-0.05, 0) is 39.1 Å². The van der Waals surface area contributed by atoms with Gasteiger partial charge >= 0.3 is 0 Å². The summed E-state index contributed by atoms with van der Waals surface area (Å²) in [5, 5.41) is 0. The summed E-state index contributed by atoms with van der Waals surface area (Å²) < 4.78 is 21.4. The minimum atomic E-state index is -0.450. The first-order chi connectivity index (χ1) is 15.4. The van der Waals surface area contributed by atoms with E-state index >= 15 is 0 Å². The number of nitrogens with two attached hydrogens (primary N) is 1. The van der Waals surface area contributed by atoms with Crippen LogP contribution in [-0.4, -0.2) is 61.6 Å². The van der Waals surface area contributed by atoms with Crippen molar-refractivity contribution in [3.05, 3.63) is 54.0 Å². The molecule has 4 aromatic rings. The van der Waals surface area contributed by atoms with Crippen molar-refractivity contribution >= 4 is 17.0 Å². The molecule has 0 fully saturated rings. The molecule has 0 atom stereocenters. The molecule has 0 spiro atoms. The predicted octanol–water partition coefficient (Wildman–Crippen LogP) is 2.69. The van der Waals surface area contributed by atoms with Gasteiger partial charge in [-0.15, -0.1) is 0 Å². The Kier molecular flexibility index (Phi) is 6.22. The van der Waals surface area contributed by atoms with Crippen LogP contribution < -0.4 is 10.5 Å². The third kappa shape index (κ3) is 4.80. The summed E-state index contributed by atoms with van der Waals surface area (Å²) in [5.74, 6) is 1.42. The molecular weight excluding hydrogens is 411 g/mol. The number of hydrogen-bond acceptors (Lipinski definition) is 8. The van der Waals surface area contributed by atoms with Crippen LogP contribution >= 0.6 is 0 Å². The first kappa shape index (κ1) is 21.6. The van der Waals surface area contributed by atoms with Crippen LogP contribution in [0.25, 0.3) is 22.6 Å². The third-order valence-electron chi connectivity index (χ3n) is 4.83. The summed E-state index contributed by atoms with van der Waals surface area (Å²) in [4.78, 5) is 23.8. The molecule has 32 heavy (non-hydrogen) atoms. The molecule has 4 heterocycles. The highest BCUT2D eigenvalue weighted by Crippen LogP contribution is 2.27. The summed E-state index contributed by atoms with van der Waals surface area (Å²) in [5.41, 5.74) is 8.55. The maximum absolute atomic E-state index is 13.8. The van der Waals surface area contributed by atoms with Crippen molar-refractivity contribution in [1.29, 1.82) is 0 Å². The van der Waals surface area contributed by atoms with Crippen molar-refractivity contribution < 1.29 is 9.13 Å². The molecule has 0 unspecified atom stereocenters. The maximum atomic E-state index is 13.8. The fourth-order valence-corrected chi connectivity index (χ4v) is 3.37. The molecular formula is C22H25FN8O. The van der Waals surface area contributed by atoms with Crippen LogP contribution in [0, 0.1) is 12.7 Å². The van der Waals surface area contributed by atoms with Gasteiger partial charge in [0.2, 0.25) is 5.88 Å². The summed E-state index contributed by atoms with van der Waals surface area (Å²) >= 11 is 0. The van der Waals surface area contributed by atoms with E-state index in [1.54, 1.807) is 19.3 Å². The number of imidazole rings is 1. The number of aromatic nitrogens is 6. The average molecular weight is 436 g/mol. The van der Waals surface area contributed by atoms with Crippen LogP contribution in [0.3, 0.4) is 0 Å². The van der Waals surface area contributed by atoms with E-state index in [9.17, 15) is 4.39 Å². The Morgan fingerprint density at radius 2 is 1.97 bits per heavy atom. The zero-order chi connectivity index (χ0) is 22.7. The van der Waals surface area contributed by atoms with Crippen molar-refractivity contribution in [3.63, 3.8) is 0 Å². The van der Waals surface area contributed by atoms with Gasteiger partial charge in [-0.3, -0.25) is 4.98 Å². The van der Waals surface area contributed by atoms with E-state index < -0.39 is 5.82 Å². The van der Waals surface area contributed by atoms with Gasteiger partial charge < -0.3 is 19.9 Å². The molecule has 9 nitrogen and oxygen atoms in total. The van der Waals surface area contributed by atoms with E-state index in [-0.39, 0.29) is 5.82 Å². The lowest BCUT2D eigenvalue weighted by Gasteiger charge is -2.11. The Bertz CT molecular complexity index is 1220. The van der Waals surface area contributed by atoms with Gasteiger partial charge in [0.1, 0.15) is 17.5 Å². The van der Waals surface area contributed by atoms with Gasteiger partial charge in [0, 0.05) is 30.6 Å². The number of anilines is 1. The van der Waals surface area contributed by atoms with Gasteiger partial charge in [0.15, 0.2) is 17.0 Å². The van der Waals surface area contributed by atoms with Crippen molar-refractivity contribution in [2.45, 2.75) is 19.9 Å². The van der Waals surface area contributed by atoms with Gasteiger partial charge in [0.25, 0.3) is 0 Å². The lowest BCUT2D eigenvalue weighted by Crippen LogP contribution is -2.15. The smallest absolute Gasteiger partial charge is 0.213 e. The largest absolute Gasteiger partial charge is 0.478 e. The molecule has 0 radical (unpaired) electrons. The first-order valence-electron chi connectivity index (χ1n) is 10.2. The SMILES string of the molecule is Cc1nc(N)c2nc(-c3cncc(F)c3)n(Cc3ccc(OCCCN(C)C)nc3)c2n1. The number of nitrogen functional groups attached to an aromatic ring is 1. The number of halogens is 1. The lowest BCUT2D eigenvalue weighted by molar-refractivity contribution is 0.273. The molecule has 0 saturated heterocycles. The van der Waals surface area contributed by atoms with Gasteiger partial charge in [0.05, 0.1) is 19.3 Å². The average Bonchev–Trinajstić information content (AvgIpc) is 3.11. The molecule has 0 aromatic carbocycles. The predicted molar refractivity (Wildman–Crippen MR) is 120 cm³/mol. The lowest BCUT2D eigenvalue weighted by atomic mass is 10.2. The Morgan fingerprint density at radius 3 is 2.69 bits per heavy atom. The number of ether oxygens (including phenoxy) is 1. The second-order valence-electron chi connectivity index (χ2n) is 7.75. The zero-order valence-electron chi connectivity index (χ0n) is 18.3.